The van der Waals surface area contributed by atoms with E-state index >= 15 is 0 Å². The Labute approximate surface area is 196 Å². The summed E-state index contributed by atoms with van der Waals surface area (Å²) in [6, 6.07) is 10.2. The summed E-state index contributed by atoms with van der Waals surface area (Å²) in [7, 11) is 1.45. The van der Waals surface area contributed by atoms with E-state index in [1.54, 1.807) is 6.20 Å². The number of hydrogen-bond acceptors (Lipinski definition) is 4. The molecule has 4 heterocycles. The van der Waals surface area contributed by atoms with Gasteiger partial charge >= 0.3 is 6.18 Å². The molecule has 0 radical (unpaired) electrons. The van der Waals surface area contributed by atoms with Crippen LogP contribution < -0.4 is 5.32 Å². The number of dihydropyridines is 1. The maximum absolute atomic E-state index is 13.3. The number of hydrogen-bond donors (Lipinski definition) is 1. The van der Waals surface area contributed by atoms with Crippen molar-refractivity contribution in [3.8, 4) is 0 Å². The maximum Gasteiger partial charge on any atom is 0.414 e. The Balaban J connectivity index is 1.31. The van der Waals surface area contributed by atoms with E-state index in [2.05, 4.69) is 22.4 Å². The summed E-state index contributed by atoms with van der Waals surface area (Å²) in [6.07, 6.45) is 0.703. The molecule has 2 unspecified atom stereocenters. The number of carbonyl (C=O) groups excluding carboxylic acids is 1. The fourth-order valence-electron chi connectivity index (χ4n) is 5.16. The molecular weight excluding hydrogens is 445 g/mol. The van der Waals surface area contributed by atoms with E-state index in [-0.39, 0.29) is 18.4 Å². The molecule has 3 aliphatic heterocycles. The Morgan fingerprint density at radius 3 is 2.68 bits per heavy atom. The summed E-state index contributed by atoms with van der Waals surface area (Å²) in [5, 5.41) is 2.76. The highest BCUT2D eigenvalue weighted by atomic mass is 19.4. The lowest BCUT2D eigenvalue weighted by atomic mass is 9.88. The number of aryl methyl sites for hydroxylation is 1. The molecule has 34 heavy (non-hydrogen) atoms. The number of ether oxygens (including phenoxy) is 1. The van der Waals surface area contributed by atoms with E-state index in [1.807, 2.05) is 27.7 Å². The van der Waals surface area contributed by atoms with Crippen molar-refractivity contribution in [2.24, 2.45) is 5.92 Å². The number of imidazole rings is 1. The maximum atomic E-state index is 13.3. The Hall–Kier alpha value is -3.23. The van der Waals surface area contributed by atoms with Crippen molar-refractivity contribution in [3.05, 3.63) is 76.7 Å². The van der Waals surface area contributed by atoms with Crippen LogP contribution in [0.5, 0.6) is 0 Å². The molecule has 0 spiro atoms. The van der Waals surface area contributed by atoms with E-state index in [9.17, 15) is 18.0 Å². The van der Waals surface area contributed by atoms with Gasteiger partial charge < -0.3 is 19.5 Å². The average molecular weight is 473 g/mol. The number of allylic oxidation sites excluding steroid dienone is 2. The summed E-state index contributed by atoms with van der Waals surface area (Å²) in [4.78, 5) is 19.6. The van der Waals surface area contributed by atoms with Gasteiger partial charge in [-0.1, -0.05) is 30.3 Å². The van der Waals surface area contributed by atoms with Gasteiger partial charge in [0.15, 0.2) is 5.88 Å². The first-order valence-electron chi connectivity index (χ1n) is 11.5. The number of carbonyl (C=O) groups is 1. The zero-order valence-electron chi connectivity index (χ0n) is 18.9. The van der Waals surface area contributed by atoms with Gasteiger partial charge in [0.2, 0.25) is 0 Å². The van der Waals surface area contributed by atoms with Crippen molar-refractivity contribution in [2.45, 2.75) is 37.9 Å². The van der Waals surface area contributed by atoms with Crippen LogP contribution in [0, 0.1) is 5.92 Å². The quantitative estimate of drug-likeness (QED) is 0.730. The minimum Gasteiger partial charge on any atom is -0.482 e. The Bertz CT molecular complexity index is 1140. The van der Waals surface area contributed by atoms with Crippen molar-refractivity contribution < 1.29 is 22.7 Å². The van der Waals surface area contributed by atoms with Gasteiger partial charge in [-0.05, 0) is 24.5 Å². The van der Waals surface area contributed by atoms with Crippen LogP contribution in [0.25, 0.3) is 0 Å². The predicted octanol–water partition coefficient (Wildman–Crippen LogP) is 4.03. The van der Waals surface area contributed by atoms with E-state index < -0.39 is 11.7 Å². The molecule has 1 aromatic carbocycles. The molecule has 1 aromatic heterocycles. The second kappa shape index (κ2) is 8.85. The molecular formula is C25H27F3N4O2. The molecule has 1 N–H and O–H groups in total. The number of benzene rings is 1. The SMILES string of the molecule is COC1=C(C2CCc3nc(C(=O)N4CCC(c5ccccc5)C4)cn3C2)C=C(C(F)(F)F)CN1. The van der Waals surface area contributed by atoms with Crippen LogP contribution in [0.1, 0.15) is 40.6 Å². The highest BCUT2D eigenvalue weighted by Gasteiger charge is 2.38. The van der Waals surface area contributed by atoms with Crippen LogP contribution in [0.2, 0.25) is 0 Å². The minimum absolute atomic E-state index is 0.0905. The lowest BCUT2D eigenvalue weighted by molar-refractivity contribution is -0.0934. The summed E-state index contributed by atoms with van der Waals surface area (Å²) in [5.41, 5.74) is 1.54. The van der Waals surface area contributed by atoms with Gasteiger partial charge in [0.25, 0.3) is 5.91 Å². The molecule has 9 heteroatoms. The molecule has 0 saturated carbocycles. The first kappa shape index (κ1) is 22.6. The van der Waals surface area contributed by atoms with Crippen LogP contribution in [-0.4, -0.2) is 53.3 Å². The fraction of sp³-hybridized carbons (Fsp3) is 0.440. The monoisotopic (exact) mass is 472 g/mol. The van der Waals surface area contributed by atoms with E-state index in [0.717, 1.165) is 12.2 Å². The van der Waals surface area contributed by atoms with E-state index in [1.165, 1.54) is 18.7 Å². The first-order valence-corrected chi connectivity index (χ1v) is 11.5. The zero-order valence-corrected chi connectivity index (χ0v) is 18.9. The molecule has 5 rings (SSSR count). The van der Waals surface area contributed by atoms with Crippen LogP contribution in [0.3, 0.4) is 0 Å². The third kappa shape index (κ3) is 4.31. The standard InChI is InChI=1S/C25H27F3N4O2/c1-34-23-20(11-19(12-29-23)25(26,27)28)18-7-8-22-30-21(15-32(22)14-18)24(33)31-10-9-17(13-31)16-5-3-2-4-6-16/h2-6,11,15,17-18,29H,7-10,12-14H2,1H3. The van der Waals surface area contributed by atoms with Crippen LogP contribution in [0.4, 0.5) is 13.2 Å². The Morgan fingerprint density at radius 2 is 1.94 bits per heavy atom. The Kier molecular flexibility index (Phi) is 5.87. The number of aromatic nitrogens is 2. The fourth-order valence-corrected chi connectivity index (χ4v) is 5.16. The summed E-state index contributed by atoms with van der Waals surface area (Å²) < 4.78 is 47.1. The van der Waals surface area contributed by atoms with Crippen LogP contribution in [-0.2, 0) is 17.7 Å². The molecule has 0 aliphatic carbocycles. The number of amides is 1. The topological polar surface area (TPSA) is 59.4 Å². The van der Waals surface area contributed by atoms with Crippen molar-refractivity contribution in [1.82, 2.24) is 19.8 Å². The van der Waals surface area contributed by atoms with Crippen molar-refractivity contribution in [3.63, 3.8) is 0 Å². The smallest absolute Gasteiger partial charge is 0.414 e. The second-order valence-electron chi connectivity index (χ2n) is 9.09. The number of rotatable bonds is 4. The summed E-state index contributed by atoms with van der Waals surface area (Å²) in [5.74, 6) is 1.23. The van der Waals surface area contributed by atoms with Crippen LogP contribution >= 0.6 is 0 Å². The highest BCUT2D eigenvalue weighted by molar-refractivity contribution is 5.92. The molecule has 6 nitrogen and oxygen atoms in total. The van der Waals surface area contributed by atoms with Gasteiger partial charge in [-0.25, -0.2) is 4.98 Å². The molecule has 1 fully saturated rings. The van der Waals surface area contributed by atoms with Gasteiger partial charge in [-0.2, -0.15) is 13.2 Å². The molecule has 1 saturated heterocycles. The lowest BCUT2D eigenvalue weighted by Gasteiger charge is -2.30. The number of fused-ring (bicyclic) bond motifs is 1. The number of nitrogens with one attached hydrogen (secondary N) is 1. The number of alkyl halides is 3. The highest BCUT2D eigenvalue weighted by Crippen LogP contribution is 2.35. The first-order chi connectivity index (χ1) is 16.3. The molecule has 180 valence electrons. The number of nitrogens with zero attached hydrogens (tertiary/aromatic N) is 3. The summed E-state index contributed by atoms with van der Waals surface area (Å²) in [6.45, 7) is 1.49. The largest absolute Gasteiger partial charge is 0.482 e. The van der Waals surface area contributed by atoms with Gasteiger partial charge in [-0.3, -0.25) is 4.79 Å². The van der Waals surface area contributed by atoms with Gasteiger partial charge in [0.05, 0.1) is 12.7 Å². The minimum atomic E-state index is -4.39. The molecule has 0 bridgehead atoms. The Morgan fingerprint density at radius 1 is 1.15 bits per heavy atom. The van der Waals surface area contributed by atoms with Gasteiger partial charge in [-0.15, -0.1) is 0 Å². The number of methoxy groups -OCH3 is 1. The van der Waals surface area contributed by atoms with Crippen molar-refractivity contribution in [1.29, 1.82) is 0 Å². The lowest BCUT2D eigenvalue weighted by Crippen LogP contribution is -2.33. The number of halogens is 3. The van der Waals surface area contributed by atoms with Crippen LogP contribution in [0.15, 0.2) is 59.6 Å². The molecule has 1 amide bonds. The predicted molar refractivity (Wildman–Crippen MR) is 120 cm³/mol. The second-order valence-corrected chi connectivity index (χ2v) is 9.09. The van der Waals surface area contributed by atoms with E-state index in [4.69, 9.17) is 4.74 Å². The van der Waals surface area contributed by atoms with Crippen molar-refractivity contribution in [2.75, 3.05) is 26.7 Å². The van der Waals surface area contributed by atoms with E-state index in [0.29, 0.717) is 55.5 Å². The summed E-state index contributed by atoms with van der Waals surface area (Å²) >= 11 is 0. The zero-order chi connectivity index (χ0) is 23.9. The molecule has 2 atom stereocenters. The molecule has 2 aromatic rings. The third-order valence-electron chi connectivity index (χ3n) is 7.00. The van der Waals surface area contributed by atoms with Gasteiger partial charge in [0, 0.05) is 56.2 Å². The van der Waals surface area contributed by atoms with Crippen molar-refractivity contribution >= 4 is 5.91 Å². The van der Waals surface area contributed by atoms with Gasteiger partial charge in [0.1, 0.15) is 11.5 Å². The third-order valence-corrected chi connectivity index (χ3v) is 7.00. The molecule has 3 aliphatic rings. The normalized spacial score (nSPS) is 22.8. The number of likely N-dealkylation sites (tertiary alicyclic amines) is 1. The average Bonchev–Trinajstić information content (AvgIpc) is 3.50.